The zero-order valence-electron chi connectivity index (χ0n) is 26.8. The minimum absolute atomic E-state index is 0.200. The third-order valence-electron chi connectivity index (χ3n) is 7.61. The van der Waals surface area contributed by atoms with Crippen molar-refractivity contribution in [3.05, 3.63) is 83.9 Å². The Morgan fingerprint density at radius 2 is 0.875 bits per heavy atom. The largest absolute Gasteiger partial charge is 0.322 e. The molecule has 0 saturated heterocycles. The Bertz CT molecular complexity index is 3270. The van der Waals surface area contributed by atoms with Crippen molar-refractivity contribution in [2.24, 2.45) is 0 Å². The van der Waals surface area contributed by atoms with Gasteiger partial charge in [0.2, 0.25) is 0 Å². The summed E-state index contributed by atoms with van der Waals surface area (Å²) in [4.78, 5) is 19.4. The molecule has 0 saturated carbocycles. The normalized spacial score (nSPS) is 13.1. The van der Waals surface area contributed by atoms with Gasteiger partial charge in [-0.2, -0.15) is 50.5 Å². The van der Waals surface area contributed by atoms with E-state index in [4.69, 9.17) is 0 Å². The van der Waals surface area contributed by atoms with Crippen LogP contribution in [0.2, 0.25) is 0 Å². The molecule has 2 amide bonds. The van der Waals surface area contributed by atoms with Crippen LogP contribution in [0.15, 0.2) is 102 Å². The molecule has 0 heterocycles. The van der Waals surface area contributed by atoms with Crippen LogP contribution in [0, 0.1) is 0 Å². The molecule has 0 aromatic heterocycles. The lowest BCUT2D eigenvalue weighted by molar-refractivity contribution is 0.101. The van der Waals surface area contributed by atoms with Crippen LogP contribution >= 0.6 is 0 Å². The molecule has 0 aliphatic heterocycles. The Labute approximate surface area is 315 Å². The number of amides is 2. The van der Waals surface area contributed by atoms with E-state index in [1.165, 1.54) is 0 Å². The van der Waals surface area contributed by atoms with Gasteiger partial charge in [-0.25, -0.2) is 0 Å². The van der Waals surface area contributed by atoms with Crippen molar-refractivity contribution in [3.63, 3.8) is 0 Å². The Kier molecular flexibility index (Phi) is 10.5. The first-order valence-corrected chi connectivity index (χ1v) is 22.8. The van der Waals surface area contributed by atoms with E-state index >= 15 is 0 Å². The van der Waals surface area contributed by atoms with E-state index in [9.17, 15) is 87.4 Å². The number of nitrogens with one attached hydrogen (secondary N) is 2. The van der Waals surface area contributed by atoms with Crippen LogP contribution in [0.4, 0.5) is 11.4 Å². The van der Waals surface area contributed by atoms with E-state index in [0.717, 1.165) is 30.3 Å². The van der Waals surface area contributed by atoms with Gasteiger partial charge in [-0.15, -0.1) is 0 Å². The summed E-state index contributed by atoms with van der Waals surface area (Å²) in [5.74, 6) is -2.48. The van der Waals surface area contributed by atoms with Crippen molar-refractivity contribution in [2.45, 2.75) is 29.4 Å². The van der Waals surface area contributed by atoms with E-state index < -0.39 is 135 Å². The number of anilines is 2. The van der Waals surface area contributed by atoms with Gasteiger partial charge >= 0.3 is 0 Å². The predicted octanol–water partition coefficient (Wildman–Crippen LogP) is 1.98. The van der Waals surface area contributed by atoms with E-state index in [-0.39, 0.29) is 23.4 Å². The van der Waals surface area contributed by atoms with Crippen molar-refractivity contribution in [1.29, 1.82) is 0 Å². The summed E-state index contributed by atoms with van der Waals surface area (Å²) in [5, 5.41) is 0.739. The molecule has 22 nitrogen and oxygen atoms in total. The second-order valence-electron chi connectivity index (χ2n) is 11.2. The number of carbonyl (C=O) groups excluding carboxylic acids is 2. The summed E-state index contributed by atoms with van der Waals surface area (Å²) in [5.41, 5.74) is -2.07. The molecule has 5 aromatic carbocycles. The van der Waals surface area contributed by atoms with Crippen LogP contribution in [0.3, 0.4) is 0 Å². The lowest BCUT2D eigenvalue weighted by Crippen LogP contribution is -2.17. The van der Waals surface area contributed by atoms with E-state index in [1.807, 2.05) is 0 Å². The highest BCUT2D eigenvalue weighted by atomic mass is 32.2. The fourth-order valence-corrected chi connectivity index (χ4v) is 9.45. The molecular weight excluding hydrogens is 877 g/mol. The smallest absolute Gasteiger partial charge is 0.295 e. The Morgan fingerprint density at radius 1 is 0.429 bits per heavy atom. The lowest BCUT2D eigenvalue weighted by atomic mass is 10.0. The van der Waals surface area contributed by atoms with Crippen LogP contribution in [0.25, 0.3) is 21.5 Å². The molecule has 0 bridgehead atoms. The van der Waals surface area contributed by atoms with Gasteiger partial charge in [-0.3, -0.25) is 36.9 Å². The van der Waals surface area contributed by atoms with E-state index in [0.29, 0.717) is 30.3 Å². The summed E-state index contributed by atoms with van der Waals surface area (Å²) < 4.78 is 203. The lowest BCUT2D eigenvalue weighted by Gasteiger charge is -2.16. The summed E-state index contributed by atoms with van der Waals surface area (Å²) in [6, 6.07) is 8.19. The SMILES string of the molecule is O=C(Nc1ccc(S(=O)(=O)O)c2cc(S(=O)(=O)O)cc(S(=O)(=O)O)c12)c1cccc(NC(=O)c2ccc(S(=O)(=O)O)c3cc(S(=O)(=O)O)cc(S(=O)(=O)O)c23)c1. The topological polar surface area (TPSA) is 384 Å². The first-order valence-electron chi connectivity index (χ1n) is 14.2. The van der Waals surface area contributed by atoms with Crippen LogP contribution in [0.5, 0.6) is 0 Å². The zero-order valence-corrected chi connectivity index (χ0v) is 31.7. The number of rotatable bonds is 10. The minimum atomic E-state index is -5.53. The minimum Gasteiger partial charge on any atom is -0.322 e. The molecule has 0 radical (unpaired) electrons. The first-order chi connectivity index (χ1) is 25.4. The number of hydrogen-bond acceptors (Lipinski definition) is 14. The predicted molar refractivity (Wildman–Crippen MR) is 189 cm³/mol. The quantitative estimate of drug-likeness (QED) is 0.0929. The summed E-state index contributed by atoms with van der Waals surface area (Å²) in [6.07, 6.45) is 0. The molecule has 0 fully saturated rings. The molecule has 298 valence electrons. The van der Waals surface area contributed by atoms with Gasteiger partial charge in [0.15, 0.2) is 0 Å². The van der Waals surface area contributed by atoms with Crippen LogP contribution in [-0.4, -0.2) is 89.6 Å². The standard InChI is InChI=1S/C28H20N2O20S6/c31-27(30-20-5-7-22(54(42,43)44)19-10-16(52(36,37)38)12-24(26(19)20)56(48,49)50)13-2-1-3-14(8-13)29-28(32)17-4-6-21(53(39,40)41)18-9-15(51(33,34)35)11-23(25(17)18)55(45,46)47/h1-12H,(H,29,32)(H,30,31)(H,33,34,35)(H,36,37,38)(H,39,40,41)(H,42,43,44)(H,45,46,47)(H,48,49,50). The van der Waals surface area contributed by atoms with Crippen LogP contribution < -0.4 is 10.6 Å². The molecule has 8 N–H and O–H groups in total. The fourth-order valence-electron chi connectivity index (χ4n) is 5.37. The number of fused-ring (bicyclic) bond motifs is 2. The van der Waals surface area contributed by atoms with Crippen molar-refractivity contribution < 1.29 is 87.4 Å². The summed E-state index contributed by atoms with van der Waals surface area (Å²) >= 11 is 0. The average molecular weight is 897 g/mol. The van der Waals surface area contributed by atoms with E-state index in [2.05, 4.69) is 10.6 Å². The molecule has 0 atom stereocenters. The molecule has 5 aromatic rings. The first kappa shape index (κ1) is 42.2. The van der Waals surface area contributed by atoms with Gasteiger partial charge in [0, 0.05) is 38.4 Å². The Hall–Kier alpha value is -4.98. The number of carbonyl (C=O) groups is 2. The second kappa shape index (κ2) is 13.9. The molecule has 28 heteroatoms. The fraction of sp³-hybridized carbons (Fsp3) is 0. The molecule has 0 spiro atoms. The molecule has 56 heavy (non-hydrogen) atoms. The molecule has 5 rings (SSSR count). The number of hydrogen-bond donors (Lipinski definition) is 8. The van der Waals surface area contributed by atoms with Crippen molar-refractivity contribution in [3.8, 4) is 0 Å². The van der Waals surface area contributed by atoms with E-state index in [1.54, 1.807) is 0 Å². The van der Waals surface area contributed by atoms with Crippen LogP contribution in [-0.2, 0) is 60.7 Å². The maximum absolute atomic E-state index is 13.5. The highest BCUT2D eigenvalue weighted by Crippen LogP contribution is 2.38. The van der Waals surface area contributed by atoms with Crippen molar-refractivity contribution >= 4 is 105 Å². The third kappa shape index (κ3) is 8.54. The van der Waals surface area contributed by atoms with Crippen LogP contribution in [0.1, 0.15) is 20.7 Å². The number of benzene rings is 5. The Balaban J connectivity index is 1.62. The van der Waals surface area contributed by atoms with Gasteiger partial charge in [0.1, 0.15) is 19.6 Å². The van der Waals surface area contributed by atoms with Gasteiger partial charge < -0.3 is 10.6 Å². The monoisotopic (exact) mass is 896 g/mol. The Morgan fingerprint density at radius 3 is 1.34 bits per heavy atom. The maximum Gasteiger partial charge on any atom is 0.295 e. The zero-order chi connectivity index (χ0) is 42.1. The van der Waals surface area contributed by atoms with Gasteiger partial charge in [0.05, 0.1) is 15.5 Å². The molecule has 0 unspecified atom stereocenters. The third-order valence-corrected chi connectivity index (χ3v) is 12.8. The van der Waals surface area contributed by atoms with Gasteiger partial charge in [0.25, 0.3) is 72.5 Å². The van der Waals surface area contributed by atoms with Gasteiger partial charge in [-0.05, 0) is 66.7 Å². The molecule has 0 aliphatic rings. The second-order valence-corrected chi connectivity index (χ2v) is 19.7. The van der Waals surface area contributed by atoms with Crippen molar-refractivity contribution in [2.75, 3.05) is 10.6 Å². The molecule has 0 aliphatic carbocycles. The molecular formula is C28H20N2O20S6. The summed E-state index contributed by atoms with van der Waals surface area (Å²) in [6.45, 7) is 0. The highest BCUT2D eigenvalue weighted by Gasteiger charge is 2.30. The highest BCUT2D eigenvalue weighted by molar-refractivity contribution is 7.88. The van der Waals surface area contributed by atoms with Crippen molar-refractivity contribution in [1.82, 2.24) is 0 Å². The average Bonchev–Trinajstić information content (AvgIpc) is 3.04. The summed E-state index contributed by atoms with van der Waals surface area (Å²) in [7, 11) is -32.2. The maximum atomic E-state index is 13.5. The van der Waals surface area contributed by atoms with Gasteiger partial charge in [-0.1, -0.05) is 6.07 Å².